The van der Waals surface area contributed by atoms with Gasteiger partial charge >= 0.3 is 0 Å². The molecule has 0 radical (unpaired) electrons. The van der Waals surface area contributed by atoms with Crippen molar-refractivity contribution in [3.63, 3.8) is 0 Å². The first kappa shape index (κ1) is 28.0. The van der Waals surface area contributed by atoms with Crippen molar-refractivity contribution in [2.24, 2.45) is 0 Å². The summed E-state index contributed by atoms with van der Waals surface area (Å²) >= 11 is 0. The van der Waals surface area contributed by atoms with E-state index in [-0.39, 0.29) is 0 Å². The summed E-state index contributed by atoms with van der Waals surface area (Å²) in [6.45, 7) is 0. The summed E-state index contributed by atoms with van der Waals surface area (Å²) in [5, 5.41) is 7.20. The number of hydrogen-bond donors (Lipinski definition) is 0. The van der Waals surface area contributed by atoms with Gasteiger partial charge in [0, 0.05) is 43.7 Å². The number of aromatic nitrogens is 2. The third-order valence-corrected chi connectivity index (χ3v) is 10.5. The van der Waals surface area contributed by atoms with Crippen LogP contribution in [0, 0.1) is 0 Å². The van der Waals surface area contributed by atoms with Crippen molar-refractivity contribution in [1.82, 2.24) is 9.13 Å². The Morgan fingerprint density at radius 3 is 1.67 bits per heavy atom. The molecule has 3 heteroatoms. The number of nitrogens with zero attached hydrogens (tertiary/aromatic N) is 2. The molecule has 0 amide bonds. The quantitative estimate of drug-likeness (QED) is 0.186. The summed E-state index contributed by atoms with van der Waals surface area (Å²) in [7, 11) is 0. The van der Waals surface area contributed by atoms with Crippen molar-refractivity contribution in [3.05, 3.63) is 182 Å². The van der Waals surface area contributed by atoms with E-state index in [9.17, 15) is 0 Å². The molecule has 0 aliphatic rings. The summed E-state index contributed by atoms with van der Waals surface area (Å²) in [5.74, 6) is 0. The van der Waals surface area contributed by atoms with Gasteiger partial charge in [0.25, 0.3) is 0 Å². The number of benzene rings is 8. The zero-order chi connectivity index (χ0) is 33.5. The van der Waals surface area contributed by atoms with Crippen molar-refractivity contribution < 1.29 is 4.42 Å². The first-order valence-corrected chi connectivity index (χ1v) is 17.4. The predicted octanol–water partition coefficient (Wildman–Crippen LogP) is 13.1. The van der Waals surface area contributed by atoms with Crippen LogP contribution in [0.1, 0.15) is 0 Å². The van der Waals surface area contributed by atoms with E-state index in [0.717, 1.165) is 33.3 Å². The molecule has 3 aromatic heterocycles. The molecule has 0 unspecified atom stereocenters. The van der Waals surface area contributed by atoms with Gasteiger partial charge in [-0.1, -0.05) is 121 Å². The SMILES string of the molecule is c1ccc(-c2cccc(-n3c4ccccc4c4ccc5c6cc(-c7ccc8oc9ccccc9c8c7)ccc6n(-c6ccccc6)c5c43)c2)cc1. The minimum atomic E-state index is 0.910. The maximum Gasteiger partial charge on any atom is 0.135 e. The van der Waals surface area contributed by atoms with Crippen LogP contribution in [0.3, 0.4) is 0 Å². The molecule has 0 spiro atoms. The minimum Gasteiger partial charge on any atom is -0.456 e. The Morgan fingerprint density at radius 1 is 0.294 bits per heavy atom. The topological polar surface area (TPSA) is 23.0 Å². The Bertz CT molecular complexity index is 3130. The van der Waals surface area contributed by atoms with E-state index in [2.05, 4.69) is 179 Å². The van der Waals surface area contributed by atoms with Crippen molar-refractivity contribution in [2.75, 3.05) is 0 Å². The smallest absolute Gasteiger partial charge is 0.135 e. The van der Waals surface area contributed by atoms with Crippen molar-refractivity contribution in [3.8, 4) is 33.6 Å². The predicted molar refractivity (Wildman–Crippen MR) is 213 cm³/mol. The molecule has 0 atom stereocenters. The third kappa shape index (κ3) is 4.19. The van der Waals surface area contributed by atoms with Crippen LogP contribution in [-0.4, -0.2) is 9.13 Å². The van der Waals surface area contributed by atoms with Crippen LogP contribution >= 0.6 is 0 Å². The maximum absolute atomic E-state index is 6.16. The molecule has 0 saturated carbocycles. The summed E-state index contributed by atoms with van der Waals surface area (Å²) in [4.78, 5) is 0. The van der Waals surface area contributed by atoms with Crippen LogP contribution in [0.4, 0.5) is 0 Å². The van der Waals surface area contributed by atoms with Gasteiger partial charge in [-0.2, -0.15) is 0 Å². The van der Waals surface area contributed by atoms with Gasteiger partial charge in [-0.3, -0.25) is 0 Å². The molecule has 3 nitrogen and oxygen atoms in total. The van der Waals surface area contributed by atoms with Gasteiger partial charge in [0.1, 0.15) is 11.2 Å². The molecule has 0 N–H and O–H groups in total. The average Bonchev–Trinajstić information content (AvgIpc) is 3.86. The molecule has 8 aromatic carbocycles. The van der Waals surface area contributed by atoms with E-state index in [1.807, 2.05) is 12.1 Å². The summed E-state index contributed by atoms with van der Waals surface area (Å²) in [6.07, 6.45) is 0. The second-order valence-electron chi connectivity index (χ2n) is 13.3. The highest BCUT2D eigenvalue weighted by Crippen LogP contribution is 2.43. The molecule has 0 fully saturated rings. The van der Waals surface area contributed by atoms with E-state index in [1.54, 1.807) is 0 Å². The Kier molecular flexibility index (Phi) is 5.96. The zero-order valence-corrected chi connectivity index (χ0v) is 27.6. The summed E-state index contributed by atoms with van der Waals surface area (Å²) in [6, 6.07) is 65.6. The lowest BCUT2D eigenvalue weighted by Gasteiger charge is -2.13. The minimum absolute atomic E-state index is 0.910. The van der Waals surface area contributed by atoms with E-state index in [1.165, 1.54) is 65.9 Å². The second-order valence-corrected chi connectivity index (χ2v) is 13.3. The first-order chi connectivity index (χ1) is 25.3. The van der Waals surface area contributed by atoms with Gasteiger partial charge in [0.15, 0.2) is 0 Å². The van der Waals surface area contributed by atoms with Crippen molar-refractivity contribution in [2.45, 2.75) is 0 Å². The zero-order valence-electron chi connectivity index (χ0n) is 27.6. The molecule has 0 saturated heterocycles. The number of rotatable bonds is 4. The lowest BCUT2D eigenvalue weighted by Crippen LogP contribution is -1.98. The molecular weight excluding hydrogens is 621 g/mol. The van der Waals surface area contributed by atoms with Crippen LogP contribution in [0.5, 0.6) is 0 Å². The monoisotopic (exact) mass is 650 g/mol. The van der Waals surface area contributed by atoms with E-state index >= 15 is 0 Å². The van der Waals surface area contributed by atoms with E-state index in [0.29, 0.717) is 0 Å². The van der Waals surface area contributed by atoms with Crippen LogP contribution in [-0.2, 0) is 0 Å². The van der Waals surface area contributed by atoms with Gasteiger partial charge in [-0.05, 0) is 82.9 Å². The lowest BCUT2D eigenvalue weighted by molar-refractivity contribution is 0.669. The molecule has 51 heavy (non-hydrogen) atoms. The standard InChI is InChI=1S/C48H30N2O/c1-3-12-31(13-4-1)32-14-11-17-36(28-32)50-43-20-9-7-18-37(43)39-24-25-40-41-29-33(34-23-27-46-42(30-34)38-19-8-10-21-45(38)51-46)22-26-44(41)49(48(40)47(39)50)35-15-5-2-6-16-35/h1-30H. The van der Waals surface area contributed by atoms with Crippen molar-refractivity contribution >= 4 is 65.6 Å². The largest absolute Gasteiger partial charge is 0.456 e. The molecule has 11 rings (SSSR count). The second kappa shape index (κ2) is 10.8. The Balaban J connectivity index is 1.23. The Hall–Kier alpha value is -6.84. The fourth-order valence-electron chi connectivity index (χ4n) is 8.20. The van der Waals surface area contributed by atoms with Gasteiger partial charge in [-0.15, -0.1) is 0 Å². The lowest BCUT2D eigenvalue weighted by atomic mass is 10.0. The molecular formula is C48H30N2O. The third-order valence-electron chi connectivity index (χ3n) is 10.5. The first-order valence-electron chi connectivity index (χ1n) is 17.4. The molecule has 0 aliphatic carbocycles. The van der Waals surface area contributed by atoms with Gasteiger partial charge < -0.3 is 13.6 Å². The number of para-hydroxylation sites is 3. The fourth-order valence-corrected chi connectivity index (χ4v) is 8.20. The average molecular weight is 651 g/mol. The van der Waals surface area contributed by atoms with Crippen LogP contribution in [0.15, 0.2) is 186 Å². The van der Waals surface area contributed by atoms with Gasteiger partial charge in [0.2, 0.25) is 0 Å². The molecule has 238 valence electrons. The molecule has 0 bridgehead atoms. The van der Waals surface area contributed by atoms with Crippen LogP contribution < -0.4 is 0 Å². The summed E-state index contributed by atoms with van der Waals surface area (Å²) in [5.41, 5.74) is 13.6. The number of hydrogen-bond acceptors (Lipinski definition) is 1. The molecule has 3 heterocycles. The summed E-state index contributed by atoms with van der Waals surface area (Å²) < 4.78 is 11.1. The normalized spacial score (nSPS) is 11.9. The van der Waals surface area contributed by atoms with Crippen LogP contribution in [0.25, 0.3) is 99.2 Å². The Morgan fingerprint density at radius 2 is 0.843 bits per heavy atom. The highest BCUT2D eigenvalue weighted by Gasteiger charge is 2.22. The Labute approximate surface area is 293 Å². The van der Waals surface area contributed by atoms with Crippen LogP contribution in [0.2, 0.25) is 0 Å². The fraction of sp³-hybridized carbons (Fsp3) is 0. The number of furan rings is 1. The van der Waals surface area contributed by atoms with E-state index in [4.69, 9.17) is 4.42 Å². The highest BCUT2D eigenvalue weighted by atomic mass is 16.3. The highest BCUT2D eigenvalue weighted by molar-refractivity contribution is 6.24. The van der Waals surface area contributed by atoms with Gasteiger partial charge in [0.05, 0.1) is 22.1 Å². The van der Waals surface area contributed by atoms with Gasteiger partial charge in [-0.25, -0.2) is 0 Å². The van der Waals surface area contributed by atoms with Crippen molar-refractivity contribution in [1.29, 1.82) is 0 Å². The molecule has 0 aliphatic heterocycles. The number of fused-ring (bicyclic) bond motifs is 10. The van der Waals surface area contributed by atoms with E-state index < -0.39 is 0 Å². The maximum atomic E-state index is 6.16. The molecule has 11 aromatic rings.